The van der Waals surface area contributed by atoms with Gasteiger partial charge in [0.15, 0.2) is 5.58 Å². The fourth-order valence-electron chi connectivity index (χ4n) is 2.15. The van der Waals surface area contributed by atoms with Crippen LogP contribution in [-0.4, -0.2) is 22.1 Å². The lowest BCUT2D eigenvalue weighted by Crippen LogP contribution is -2.03. The molecule has 0 amide bonds. The molecular formula is C13H14N2O3. The van der Waals surface area contributed by atoms with Crippen molar-refractivity contribution in [2.45, 2.75) is 25.8 Å². The molecule has 0 spiro atoms. The summed E-state index contributed by atoms with van der Waals surface area (Å²) in [6, 6.07) is 5.62. The standard InChI is InChI=1S/C13H14N2O3/c1-2-7-5-10(7)15-13-14-9-4-3-8(12(16)17)6-11(9)18-13/h3-4,6-7,10H,2,5H2,1H3,(H,14,15)(H,16,17). The zero-order valence-corrected chi connectivity index (χ0v) is 10.0. The van der Waals surface area contributed by atoms with Crippen molar-refractivity contribution in [3.8, 4) is 0 Å². The number of aromatic carboxylic acids is 1. The molecule has 0 aliphatic heterocycles. The summed E-state index contributed by atoms with van der Waals surface area (Å²) in [4.78, 5) is 15.1. The van der Waals surface area contributed by atoms with Crippen LogP contribution in [0.2, 0.25) is 0 Å². The Morgan fingerprint density at radius 1 is 1.61 bits per heavy atom. The lowest BCUT2D eigenvalue weighted by atomic mass is 10.2. The summed E-state index contributed by atoms with van der Waals surface area (Å²) in [6.07, 6.45) is 2.30. The Morgan fingerprint density at radius 3 is 3.11 bits per heavy atom. The van der Waals surface area contributed by atoms with Crippen LogP contribution in [0.4, 0.5) is 6.01 Å². The number of carboxylic acid groups (broad SMARTS) is 1. The van der Waals surface area contributed by atoms with Gasteiger partial charge in [-0.15, -0.1) is 0 Å². The molecule has 2 atom stereocenters. The molecule has 2 aromatic rings. The topological polar surface area (TPSA) is 75.4 Å². The van der Waals surface area contributed by atoms with Gasteiger partial charge in [0.1, 0.15) is 5.52 Å². The van der Waals surface area contributed by atoms with Crippen molar-refractivity contribution in [1.82, 2.24) is 4.98 Å². The highest BCUT2D eigenvalue weighted by molar-refractivity contribution is 5.92. The van der Waals surface area contributed by atoms with Gasteiger partial charge in [-0.05, 0) is 30.5 Å². The number of hydrogen-bond acceptors (Lipinski definition) is 4. The molecule has 2 unspecified atom stereocenters. The smallest absolute Gasteiger partial charge is 0.335 e. The molecule has 5 nitrogen and oxygen atoms in total. The van der Waals surface area contributed by atoms with Crippen LogP contribution in [0.3, 0.4) is 0 Å². The monoisotopic (exact) mass is 246 g/mol. The fourth-order valence-corrected chi connectivity index (χ4v) is 2.15. The van der Waals surface area contributed by atoms with Crippen LogP contribution in [-0.2, 0) is 0 Å². The highest BCUT2D eigenvalue weighted by Crippen LogP contribution is 2.36. The van der Waals surface area contributed by atoms with Crippen molar-refractivity contribution in [3.05, 3.63) is 23.8 Å². The van der Waals surface area contributed by atoms with Crippen LogP contribution in [0.15, 0.2) is 22.6 Å². The molecule has 2 N–H and O–H groups in total. The van der Waals surface area contributed by atoms with E-state index in [0.29, 0.717) is 29.1 Å². The number of nitrogens with zero attached hydrogens (tertiary/aromatic N) is 1. The third-order valence-electron chi connectivity index (χ3n) is 3.39. The highest BCUT2D eigenvalue weighted by atomic mass is 16.4. The second kappa shape index (κ2) is 4.01. The van der Waals surface area contributed by atoms with Crippen LogP contribution in [0, 0.1) is 5.92 Å². The van der Waals surface area contributed by atoms with Gasteiger partial charge in [-0.1, -0.05) is 13.3 Å². The number of anilines is 1. The highest BCUT2D eigenvalue weighted by Gasteiger charge is 2.36. The first-order valence-corrected chi connectivity index (χ1v) is 6.08. The van der Waals surface area contributed by atoms with Gasteiger partial charge >= 0.3 is 5.97 Å². The number of oxazole rings is 1. The molecular weight excluding hydrogens is 232 g/mol. The van der Waals surface area contributed by atoms with Gasteiger partial charge in [-0.25, -0.2) is 4.79 Å². The number of rotatable bonds is 4. The number of fused-ring (bicyclic) bond motifs is 1. The summed E-state index contributed by atoms with van der Waals surface area (Å²) in [5.74, 6) is -0.259. The third-order valence-corrected chi connectivity index (χ3v) is 3.39. The molecule has 94 valence electrons. The van der Waals surface area contributed by atoms with Crippen molar-refractivity contribution in [3.63, 3.8) is 0 Å². The molecule has 3 rings (SSSR count). The summed E-state index contributed by atoms with van der Waals surface area (Å²) in [7, 11) is 0. The number of carbonyl (C=O) groups is 1. The van der Waals surface area contributed by atoms with Crippen molar-refractivity contribution >= 4 is 23.1 Å². The van der Waals surface area contributed by atoms with E-state index in [0.717, 1.165) is 12.8 Å². The van der Waals surface area contributed by atoms with Crippen molar-refractivity contribution < 1.29 is 14.3 Å². The predicted molar refractivity (Wildman–Crippen MR) is 66.8 cm³/mol. The Balaban J connectivity index is 1.84. The number of nitrogens with one attached hydrogen (secondary N) is 1. The first-order chi connectivity index (χ1) is 8.67. The maximum absolute atomic E-state index is 10.8. The SMILES string of the molecule is CCC1CC1Nc1nc2ccc(C(=O)O)cc2o1. The minimum Gasteiger partial charge on any atom is -0.478 e. The zero-order chi connectivity index (χ0) is 12.7. The van der Waals surface area contributed by atoms with Gasteiger partial charge in [0, 0.05) is 6.04 Å². The largest absolute Gasteiger partial charge is 0.478 e. The summed E-state index contributed by atoms with van der Waals surface area (Å²) >= 11 is 0. The van der Waals surface area contributed by atoms with Crippen molar-refractivity contribution in [2.75, 3.05) is 5.32 Å². The van der Waals surface area contributed by atoms with E-state index in [4.69, 9.17) is 9.52 Å². The molecule has 1 fully saturated rings. The Bertz CT molecular complexity index is 605. The van der Waals surface area contributed by atoms with Gasteiger partial charge in [0.05, 0.1) is 5.56 Å². The summed E-state index contributed by atoms with van der Waals surface area (Å²) in [5.41, 5.74) is 1.39. The van der Waals surface area contributed by atoms with E-state index in [9.17, 15) is 4.79 Å². The third kappa shape index (κ3) is 1.92. The Morgan fingerprint density at radius 2 is 2.44 bits per heavy atom. The van der Waals surface area contributed by atoms with Crippen LogP contribution in [0.25, 0.3) is 11.1 Å². The first-order valence-electron chi connectivity index (χ1n) is 6.08. The Kier molecular flexibility index (Phi) is 2.47. The molecule has 0 radical (unpaired) electrons. The van der Waals surface area contributed by atoms with Crippen molar-refractivity contribution in [1.29, 1.82) is 0 Å². The molecule has 18 heavy (non-hydrogen) atoms. The van der Waals surface area contributed by atoms with Gasteiger partial charge in [-0.2, -0.15) is 4.98 Å². The minimum absolute atomic E-state index is 0.211. The van der Waals surface area contributed by atoms with E-state index < -0.39 is 5.97 Å². The van der Waals surface area contributed by atoms with Gasteiger partial charge in [0.25, 0.3) is 6.01 Å². The molecule has 1 aromatic heterocycles. The lowest BCUT2D eigenvalue weighted by Gasteiger charge is -1.97. The number of hydrogen-bond donors (Lipinski definition) is 2. The normalized spacial score (nSPS) is 22.1. The fraction of sp³-hybridized carbons (Fsp3) is 0.385. The van der Waals surface area contributed by atoms with Gasteiger partial charge in [-0.3, -0.25) is 0 Å². The number of carboxylic acids is 1. The van der Waals surface area contributed by atoms with E-state index in [1.165, 1.54) is 12.1 Å². The quantitative estimate of drug-likeness (QED) is 0.867. The van der Waals surface area contributed by atoms with Gasteiger partial charge < -0.3 is 14.8 Å². The summed E-state index contributed by atoms with van der Waals surface area (Å²) in [6.45, 7) is 2.16. The number of aromatic nitrogens is 1. The van der Waals surface area contributed by atoms with E-state index in [1.54, 1.807) is 6.07 Å². The zero-order valence-electron chi connectivity index (χ0n) is 10.0. The Labute approximate surface area is 104 Å². The maximum Gasteiger partial charge on any atom is 0.335 e. The lowest BCUT2D eigenvalue weighted by molar-refractivity contribution is 0.0697. The van der Waals surface area contributed by atoms with E-state index in [1.807, 2.05) is 0 Å². The van der Waals surface area contributed by atoms with E-state index >= 15 is 0 Å². The van der Waals surface area contributed by atoms with Crippen LogP contribution < -0.4 is 5.32 Å². The second-order valence-corrected chi connectivity index (χ2v) is 4.66. The molecule has 1 heterocycles. The average molecular weight is 246 g/mol. The van der Waals surface area contributed by atoms with Gasteiger partial charge in [0.2, 0.25) is 0 Å². The molecule has 5 heteroatoms. The molecule has 0 bridgehead atoms. The van der Waals surface area contributed by atoms with Crippen LogP contribution in [0.5, 0.6) is 0 Å². The summed E-state index contributed by atoms with van der Waals surface area (Å²) < 4.78 is 5.52. The minimum atomic E-state index is -0.962. The Hall–Kier alpha value is -2.04. The van der Waals surface area contributed by atoms with E-state index in [-0.39, 0.29) is 5.56 Å². The first kappa shape index (κ1) is 11.1. The van der Waals surface area contributed by atoms with Crippen LogP contribution in [0.1, 0.15) is 30.1 Å². The molecule has 1 saturated carbocycles. The van der Waals surface area contributed by atoms with Crippen LogP contribution >= 0.6 is 0 Å². The van der Waals surface area contributed by atoms with Crippen molar-refractivity contribution in [2.24, 2.45) is 5.92 Å². The molecule has 1 aliphatic rings. The molecule has 1 aliphatic carbocycles. The molecule has 1 aromatic carbocycles. The summed E-state index contributed by atoms with van der Waals surface area (Å²) in [5, 5.41) is 12.1. The second-order valence-electron chi connectivity index (χ2n) is 4.66. The van der Waals surface area contributed by atoms with E-state index in [2.05, 4.69) is 17.2 Å². The number of benzene rings is 1. The predicted octanol–water partition coefficient (Wildman–Crippen LogP) is 2.74. The molecule has 0 saturated heterocycles. The average Bonchev–Trinajstić information content (AvgIpc) is 2.97. The maximum atomic E-state index is 10.8.